The van der Waals surface area contributed by atoms with Crippen LogP contribution in [-0.4, -0.2) is 45.7 Å². The lowest BCUT2D eigenvalue weighted by Crippen LogP contribution is -2.32. The van der Waals surface area contributed by atoms with E-state index < -0.39 is 0 Å². The first kappa shape index (κ1) is 17.5. The van der Waals surface area contributed by atoms with Gasteiger partial charge in [-0.05, 0) is 25.1 Å². The second kappa shape index (κ2) is 6.70. The van der Waals surface area contributed by atoms with Crippen LogP contribution in [0.2, 0.25) is 0 Å². The second-order valence-corrected chi connectivity index (χ2v) is 6.68. The maximum absolute atomic E-state index is 13.4. The Bertz CT molecular complexity index is 1020. The summed E-state index contributed by atoms with van der Waals surface area (Å²) >= 11 is 0. The minimum absolute atomic E-state index is 0.117. The summed E-state index contributed by atoms with van der Waals surface area (Å²) in [4.78, 5) is 19.4. The van der Waals surface area contributed by atoms with Crippen LogP contribution in [0.5, 0.6) is 0 Å². The van der Waals surface area contributed by atoms with Gasteiger partial charge in [0.25, 0.3) is 5.91 Å². The standard InChI is InChI=1S/C19H19FN4O3/c1-10-15(6-12-4-5-13(20)7-16(12)21-10)19(25)24-9-14(26-3)8-17(24)18-23-22-11(2)27-18/h4-7,14,17H,8-9H2,1-3H3/t14-,17-/m1/s1. The third kappa shape index (κ3) is 3.16. The van der Waals surface area contributed by atoms with Crippen LogP contribution in [-0.2, 0) is 4.74 Å². The lowest BCUT2D eigenvalue weighted by molar-refractivity contribution is 0.0673. The van der Waals surface area contributed by atoms with Crippen LogP contribution in [0.1, 0.15) is 40.3 Å². The molecule has 0 saturated carbocycles. The van der Waals surface area contributed by atoms with Crippen LogP contribution in [0.4, 0.5) is 4.39 Å². The minimum Gasteiger partial charge on any atom is -0.423 e. The smallest absolute Gasteiger partial charge is 0.256 e. The van der Waals surface area contributed by atoms with E-state index in [0.717, 1.165) is 0 Å². The van der Waals surface area contributed by atoms with Crippen molar-refractivity contribution in [1.29, 1.82) is 0 Å². The molecular formula is C19H19FN4O3. The number of pyridine rings is 1. The minimum atomic E-state index is -0.359. The molecule has 3 aromatic rings. The maximum atomic E-state index is 13.4. The Hall–Kier alpha value is -2.87. The predicted octanol–water partition coefficient (Wildman–Crippen LogP) is 2.98. The van der Waals surface area contributed by atoms with Gasteiger partial charge in [0.1, 0.15) is 11.9 Å². The van der Waals surface area contributed by atoms with E-state index in [1.165, 1.54) is 12.1 Å². The van der Waals surface area contributed by atoms with E-state index in [2.05, 4.69) is 15.2 Å². The zero-order valence-corrected chi connectivity index (χ0v) is 15.3. The van der Waals surface area contributed by atoms with Crippen molar-refractivity contribution >= 4 is 16.8 Å². The van der Waals surface area contributed by atoms with Gasteiger partial charge in [0.15, 0.2) is 0 Å². The summed E-state index contributed by atoms with van der Waals surface area (Å²) < 4.78 is 24.5. The predicted molar refractivity (Wildman–Crippen MR) is 94.7 cm³/mol. The van der Waals surface area contributed by atoms with Gasteiger partial charge in [-0.3, -0.25) is 9.78 Å². The topological polar surface area (TPSA) is 81.4 Å². The fourth-order valence-electron chi connectivity index (χ4n) is 3.48. The average Bonchev–Trinajstić information content (AvgIpc) is 3.26. The number of ether oxygens (including phenoxy) is 1. The summed E-state index contributed by atoms with van der Waals surface area (Å²) in [7, 11) is 1.62. The Balaban J connectivity index is 1.72. The first-order valence-electron chi connectivity index (χ1n) is 8.67. The first-order chi connectivity index (χ1) is 13.0. The molecule has 1 aliphatic rings. The number of carbonyl (C=O) groups is 1. The van der Waals surface area contributed by atoms with E-state index in [1.54, 1.807) is 38.0 Å². The first-order valence-corrected chi connectivity index (χ1v) is 8.67. The van der Waals surface area contributed by atoms with E-state index in [-0.39, 0.29) is 23.9 Å². The summed E-state index contributed by atoms with van der Waals surface area (Å²) in [5.41, 5.74) is 1.52. The molecule has 0 radical (unpaired) electrons. The quantitative estimate of drug-likeness (QED) is 0.705. The van der Waals surface area contributed by atoms with Crippen molar-refractivity contribution in [3.05, 3.63) is 53.1 Å². The molecular weight excluding hydrogens is 351 g/mol. The van der Waals surface area contributed by atoms with Gasteiger partial charge in [-0.2, -0.15) is 0 Å². The van der Waals surface area contributed by atoms with E-state index in [4.69, 9.17) is 9.15 Å². The number of rotatable bonds is 3. The Kier molecular flexibility index (Phi) is 4.35. The third-order valence-corrected chi connectivity index (χ3v) is 4.88. The van der Waals surface area contributed by atoms with Crippen LogP contribution < -0.4 is 0 Å². The molecule has 0 N–H and O–H groups in total. The number of aryl methyl sites for hydroxylation is 2. The van der Waals surface area contributed by atoms with Crippen LogP contribution >= 0.6 is 0 Å². The lowest BCUT2D eigenvalue weighted by Gasteiger charge is -2.22. The molecule has 0 bridgehead atoms. The van der Waals surface area contributed by atoms with Crippen molar-refractivity contribution in [2.45, 2.75) is 32.4 Å². The number of benzene rings is 1. The number of hydrogen-bond acceptors (Lipinski definition) is 6. The average molecular weight is 370 g/mol. The molecule has 2 atom stereocenters. The number of hydrogen-bond donors (Lipinski definition) is 0. The number of halogens is 1. The molecule has 2 aromatic heterocycles. The molecule has 27 heavy (non-hydrogen) atoms. The van der Waals surface area contributed by atoms with Crippen LogP contribution in [0.25, 0.3) is 10.9 Å². The molecule has 1 fully saturated rings. The highest BCUT2D eigenvalue weighted by Crippen LogP contribution is 2.34. The normalized spacial score (nSPS) is 19.8. The molecule has 4 rings (SSSR count). The number of amides is 1. The van der Waals surface area contributed by atoms with Crippen molar-refractivity contribution in [1.82, 2.24) is 20.1 Å². The van der Waals surface area contributed by atoms with Crippen LogP contribution in [0.3, 0.4) is 0 Å². The number of aromatic nitrogens is 3. The highest BCUT2D eigenvalue weighted by molar-refractivity contribution is 5.99. The highest BCUT2D eigenvalue weighted by atomic mass is 19.1. The van der Waals surface area contributed by atoms with Crippen LogP contribution in [0.15, 0.2) is 28.7 Å². The number of likely N-dealkylation sites (tertiary alicyclic amines) is 1. The molecule has 140 valence electrons. The number of carbonyl (C=O) groups excluding carboxylic acids is 1. The molecule has 1 aromatic carbocycles. The second-order valence-electron chi connectivity index (χ2n) is 6.68. The summed E-state index contributed by atoms with van der Waals surface area (Å²) in [5.74, 6) is 0.298. The molecule has 1 saturated heterocycles. The Morgan fingerprint density at radius 1 is 1.30 bits per heavy atom. The SMILES string of the molecule is CO[C@@H]1C[C@H](c2nnc(C)o2)N(C(=O)c2cc3ccc(F)cc3nc2C)C1. The largest absolute Gasteiger partial charge is 0.423 e. The van der Waals surface area contributed by atoms with Crippen LogP contribution in [0, 0.1) is 19.7 Å². The van der Waals surface area contributed by atoms with Gasteiger partial charge in [-0.15, -0.1) is 10.2 Å². The van der Waals surface area contributed by atoms with Gasteiger partial charge < -0.3 is 14.1 Å². The number of methoxy groups -OCH3 is 1. The molecule has 0 unspecified atom stereocenters. The molecule has 8 heteroatoms. The van der Waals surface area contributed by atoms with Gasteiger partial charge in [0.2, 0.25) is 11.8 Å². The van der Waals surface area contributed by atoms with Gasteiger partial charge in [-0.1, -0.05) is 0 Å². The number of fused-ring (bicyclic) bond motifs is 1. The Morgan fingerprint density at radius 3 is 2.81 bits per heavy atom. The van der Waals surface area contributed by atoms with Crippen molar-refractivity contribution < 1.29 is 18.3 Å². The van der Waals surface area contributed by atoms with E-state index in [1.807, 2.05) is 0 Å². The fraction of sp³-hybridized carbons (Fsp3) is 0.368. The van der Waals surface area contributed by atoms with Gasteiger partial charge >= 0.3 is 0 Å². The summed E-state index contributed by atoms with van der Waals surface area (Å²) in [6.45, 7) is 3.87. The Labute approximate surface area is 155 Å². The summed E-state index contributed by atoms with van der Waals surface area (Å²) in [5, 5.41) is 8.66. The molecule has 0 spiro atoms. The van der Waals surface area contributed by atoms with Gasteiger partial charge in [0, 0.05) is 38.5 Å². The van der Waals surface area contributed by atoms with E-state index in [0.29, 0.717) is 46.9 Å². The highest BCUT2D eigenvalue weighted by Gasteiger charge is 2.40. The van der Waals surface area contributed by atoms with Gasteiger partial charge in [-0.25, -0.2) is 4.39 Å². The summed E-state index contributed by atoms with van der Waals surface area (Å²) in [6, 6.07) is 5.72. The van der Waals surface area contributed by atoms with Crippen molar-refractivity contribution in [2.24, 2.45) is 0 Å². The van der Waals surface area contributed by atoms with Crippen molar-refractivity contribution in [3.8, 4) is 0 Å². The van der Waals surface area contributed by atoms with Crippen molar-refractivity contribution in [2.75, 3.05) is 13.7 Å². The number of nitrogens with zero attached hydrogens (tertiary/aromatic N) is 4. The van der Waals surface area contributed by atoms with E-state index in [9.17, 15) is 9.18 Å². The lowest BCUT2D eigenvalue weighted by atomic mass is 10.1. The molecule has 1 amide bonds. The third-order valence-electron chi connectivity index (χ3n) is 4.88. The zero-order chi connectivity index (χ0) is 19.1. The zero-order valence-electron chi connectivity index (χ0n) is 15.3. The maximum Gasteiger partial charge on any atom is 0.256 e. The van der Waals surface area contributed by atoms with Crippen molar-refractivity contribution in [3.63, 3.8) is 0 Å². The summed E-state index contributed by atoms with van der Waals surface area (Å²) in [6.07, 6.45) is 0.462. The molecule has 1 aliphatic heterocycles. The fourth-order valence-corrected chi connectivity index (χ4v) is 3.48. The van der Waals surface area contributed by atoms with Gasteiger partial charge in [0.05, 0.1) is 22.9 Å². The monoisotopic (exact) mass is 370 g/mol. The molecule has 3 heterocycles. The Morgan fingerprint density at radius 2 is 2.11 bits per heavy atom. The molecule has 7 nitrogen and oxygen atoms in total. The molecule has 0 aliphatic carbocycles. The van der Waals surface area contributed by atoms with E-state index >= 15 is 0 Å².